The highest BCUT2D eigenvalue weighted by Gasteiger charge is 2.13. The largest absolute Gasteiger partial charge is 0.409 e. The molecule has 0 unspecified atom stereocenters. The third-order valence-corrected chi connectivity index (χ3v) is 5.42. The second-order valence-electron chi connectivity index (χ2n) is 7.41. The van der Waals surface area contributed by atoms with E-state index in [1.54, 1.807) is 4.68 Å². The lowest BCUT2D eigenvalue weighted by Gasteiger charge is -2.29. The molecule has 1 saturated heterocycles. The summed E-state index contributed by atoms with van der Waals surface area (Å²) in [6, 6.07) is 16.8. The van der Waals surface area contributed by atoms with E-state index < -0.39 is 0 Å². The van der Waals surface area contributed by atoms with Crippen LogP contribution in [0.2, 0.25) is 0 Å². The van der Waals surface area contributed by atoms with Gasteiger partial charge in [0, 0.05) is 30.9 Å². The average molecular weight is 411 g/mol. The summed E-state index contributed by atoms with van der Waals surface area (Å²) in [5, 5.41) is 4.58. The highest BCUT2D eigenvalue weighted by Crippen LogP contribution is 2.22. The molecule has 152 valence electrons. The molecule has 4 rings (SSSR count). The summed E-state index contributed by atoms with van der Waals surface area (Å²) in [5.74, 6) is 0.566. The van der Waals surface area contributed by atoms with Gasteiger partial charge in [0.25, 0.3) is 4.84 Å². The normalized spacial score (nSPS) is 14.5. The van der Waals surface area contributed by atoms with Crippen molar-refractivity contribution in [2.24, 2.45) is 0 Å². The minimum atomic E-state index is 0.387. The number of benzene rings is 2. The fourth-order valence-electron chi connectivity index (χ4n) is 3.54. The van der Waals surface area contributed by atoms with Crippen LogP contribution in [0.15, 0.2) is 52.9 Å². The van der Waals surface area contributed by atoms with Crippen molar-refractivity contribution in [3.8, 4) is 11.5 Å². The Morgan fingerprint density at radius 1 is 1.07 bits per heavy atom. The van der Waals surface area contributed by atoms with Crippen molar-refractivity contribution >= 4 is 17.9 Å². The number of ether oxygens (including phenoxy) is 1. The van der Waals surface area contributed by atoms with Crippen LogP contribution < -0.4 is 4.90 Å². The molecule has 0 saturated carbocycles. The van der Waals surface area contributed by atoms with Crippen LogP contribution in [-0.2, 0) is 18.0 Å². The van der Waals surface area contributed by atoms with Gasteiger partial charge in [-0.05, 0) is 55.5 Å². The van der Waals surface area contributed by atoms with Crippen LogP contribution in [0, 0.1) is 11.8 Å². The fraction of sp³-hybridized carbons (Fsp3) is 0.364. The SMILES string of the molecule is Cc1ccccc1-c1nn(CN(C)Cc2ccc(N3CCOCC3)cc2)c(=S)o1. The maximum absolute atomic E-state index is 5.74. The van der Waals surface area contributed by atoms with Crippen LogP contribution in [0.25, 0.3) is 11.5 Å². The second-order valence-corrected chi connectivity index (χ2v) is 7.76. The van der Waals surface area contributed by atoms with Crippen molar-refractivity contribution in [1.82, 2.24) is 14.7 Å². The zero-order valence-corrected chi connectivity index (χ0v) is 17.7. The molecule has 2 aromatic carbocycles. The first-order valence-corrected chi connectivity index (χ1v) is 10.2. The van der Waals surface area contributed by atoms with Crippen molar-refractivity contribution in [2.45, 2.75) is 20.1 Å². The van der Waals surface area contributed by atoms with E-state index in [0.717, 1.165) is 44.0 Å². The molecule has 0 atom stereocenters. The standard InChI is InChI=1S/C22H26N4O2S/c1-17-5-3-4-6-20(17)21-23-26(22(29)28-21)16-24(2)15-18-7-9-19(10-8-18)25-11-13-27-14-12-25/h3-10H,11-16H2,1-2H3. The predicted molar refractivity (Wildman–Crippen MR) is 116 cm³/mol. The van der Waals surface area contributed by atoms with Gasteiger partial charge in [0.2, 0.25) is 5.89 Å². The Kier molecular flexibility index (Phi) is 6.08. The summed E-state index contributed by atoms with van der Waals surface area (Å²) in [6.45, 7) is 6.91. The van der Waals surface area contributed by atoms with E-state index in [1.165, 1.54) is 11.3 Å². The molecule has 6 nitrogen and oxygen atoms in total. The summed E-state index contributed by atoms with van der Waals surface area (Å²) in [6.07, 6.45) is 0. The van der Waals surface area contributed by atoms with E-state index >= 15 is 0 Å². The minimum absolute atomic E-state index is 0.387. The van der Waals surface area contributed by atoms with Crippen molar-refractivity contribution in [3.05, 3.63) is 64.5 Å². The number of hydrogen-bond acceptors (Lipinski definition) is 6. The van der Waals surface area contributed by atoms with E-state index in [4.69, 9.17) is 21.4 Å². The zero-order valence-electron chi connectivity index (χ0n) is 16.9. The summed E-state index contributed by atoms with van der Waals surface area (Å²) in [4.78, 5) is 4.92. The molecule has 0 bridgehead atoms. The maximum Gasteiger partial charge on any atom is 0.288 e. The van der Waals surface area contributed by atoms with E-state index in [9.17, 15) is 0 Å². The Morgan fingerprint density at radius 3 is 2.52 bits per heavy atom. The summed E-state index contributed by atoms with van der Waals surface area (Å²) < 4.78 is 12.9. The molecule has 1 aliphatic rings. The van der Waals surface area contributed by atoms with Crippen LogP contribution in [0.3, 0.4) is 0 Å². The highest BCUT2D eigenvalue weighted by atomic mass is 32.1. The van der Waals surface area contributed by atoms with Gasteiger partial charge in [-0.1, -0.05) is 30.3 Å². The molecular formula is C22H26N4O2S. The van der Waals surface area contributed by atoms with Crippen LogP contribution in [0.4, 0.5) is 5.69 Å². The maximum atomic E-state index is 5.74. The smallest absolute Gasteiger partial charge is 0.288 e. The molecule has 7 heteroatoms. The van der Waals surface area contributed by atoms with Gasteiger partial charge in [-0.15, -0.1) is 5.10 Å². The van der Waals surface area contributed by atoms with Crippen LogP contribution >= 0.6 is 12.2 Å². The topological polar surface area (TPSA) is 46.7 Å². The lowest BCUT2D eigenvalue weighted by atomic mass is 10.1. The number of hydrogen-bond donors (Lipinski definition) is 0. The molecule has 1 fully saturated rings. The van der Waals surface area contributed by atoms with E-state index in [-0.39, 0.29) is 0 Å². The monoisotopic (exact) mass is 410 g/mol. The third-order valence-electron chi connectivity index (χ3n) is 5.12. The molecule has 0 aliphatic carbocycles. The van der Waals surface area contributed by atoms with E-state index in [2.05, 4.69) is 46.2 Å². The van der Waals surface area contributed by atoms with Gasteiger partial charge in [-0.3, -0.25) is 4.90 Å². The van der Waals surface area contributed by atoms with Gasteiger partial charge >= 0.3 is 0 Å². The predicted octanol–water partition coefficient (Wildman–Crippen LogP) is 4.11. The molecular weight excluding hydrogens is 384 g/mol. The van der Waals surface area contributed by atoms with Crippen molar-refractivity contribution in [3.63, 3.8) is 0 Å². The fourth-order valence-corrected chi connectivity index (χ4v) is 3.72. The molecule has 0 N–H and O–H groups in total. The van der Waals surface area contributed by atoms with Crippen LogP contribution in [-0.4, -0.2) is 48.0 Å². The van der Waals surface area contributed by atoms with Gasteiger partial charge in [0.1, 0.15) is 0 Å². The molecule has 0 spiro atoms. The molecule has 0 radical (unpaired) electrons. The Labute approximate surface area is 176 Å². The third kappa shape index (κ3) is 4.75. The van der Waals surface area contributed by atoms with Gasteiger partial charge in [-0.2, -0.15) is 0 Å². The van der Waals surface area contributed by atoms with Gasteiger partial charge in [0.05, 0.1) is 19.9 Å². The second kappa shape index (κ2) is 8.90. The molecule has 2 heterocycles. The minimum Gasteiger partial charge on any atom is -0.409 e. The number of anilines is 1. The van der Waals surface area contributed by atoms with E-state index in [0.29, 0.717) is 17.4 Å². The molecule has 0 amide bonds. The Hall–Kier alpha value is -2.48. The Morgan fingerprint density at radius 2 is 1.79 bits per heavy atom. The van der Waals surface area contributed by atoms with E-state index in [1.807, 2.05) is 31.2 Å². The zero-order chi connectivity index (χ0) is 20.2. The summed E-state index contributed by atoms with van der Waals surface area (Å²) in [7, 11) is 2.06. The average Bonchev–Trinajstić information content (AvgIpc) is 3.09. The lowest BCUT2D eigenvalue weighted by Crippen LogP contribution is -2.36. The van der Waals surface area contributed by atoms with Crippen molar-refractivity contribution < 1.29 is 9.15 Å². The molecule has 1 aromatic heterocycles. The highest BCUT2D eigenvalue weighted by molar-refractivity contribution is 7.71. The Balaban J connectivity index is 1.40. The number of aromatic nitrogens is 2. The molecule has 3 aromatic rings. The summed E-state index contributed by atoms with van der Waals surface area (Å²) >= 11 is 5.38. The number of nitrogens with zero attached hydrogens (tertiary/aromatic N) is 4. The van der Waals surface area contributed by atoms with Gasteiger partial charge in [-0.25, -0.2) is 4.68 Å². The molecule has 29 heavy (non-hydrogen) atoms. The quantitative estimate of drug-likeness (QED) is 0.570. The molecule has 1 aliphatic heterocycles. The first-order chi connectivity index (χ1) is 14.1. The van der Waals surface area contributed by atoms with Gasteiger partial charge < -0.3 is 14.1 Å². The first kappa shape index (κ1) is 19.8. The Bertz CT molecular complexity index is 1010. The summed E-state index contributed by atoms with van der Waals surface area (Å²) in [5.41, 5.74) is 4.59. The number of aryl methyl sites for hydroxylation is 1. The first-order valence-electron chi connectivity index (χ1n) is 9.84. The number of morpholine rings is 1. The van der Waals surface area contributed by atoms with Crippen LogP contribution in [0.1, 0.15) is 11.1 Å². The van der Waals surface area contributed by atoms with Crippen LogP contribution in [0.5, 0.6) is 0 Å². The van der Waals surface area contributed by atoms with Gasteiger partial charge in [0.15, 0.2) is 0 Å². The lowest BCUT2D eigenvalue weighted by molar-refractivity contribution is 0.122. The van der Waals surface area contributed by atoms with Crippen molar-refractivity contribution in [2.75, 3.05) is 38.3 Å². The van der Waals surface area contributed by atoms with Crippen molar-refractivity contribution in [1.29, 1.82) is 0 Å². The number of rotatable bonds is 6.